The standard InChI is InChI=1S/C14H15N3O3S/c1-8(16-13(18)10-7-21-14(15)17-10)9-2-3-11-12(6-9)20-5-4-19-11/h2-3,6-8H,4-5H2,1H3,(H2,15,17)(H,16,18). The summed E-state index contributed by atoms with van der Waals surface area (Å²) in [6, 6.07) is 5.48. The number of carbonyl (C=O) groups is 1. The molecule has 0 spiro atoms. The van der Waals surface area contributed by atoms with Crippen LogP contribution in [0.4, 0.5) is 5.13 Å². The first-order valence-corrected chi connectivity index (χ1v) is 7.43. The minimum Gasteiger partial charge on any atom is -0.486 e. The number of rotatable bonds is 3. The average Bonchev–Trinajstić information content (AvgIpc) is 2.93. The van der Waals surface area contributed by atoms with Crippen molar-refractivity contribution in [1.82, 2.24) is 10.3 Å². The zero-order valence-corrected chi connectivity index (χ0v) is 12.3. The van der Waals surface area contributed by atoms with E-state index in [9.17, 15) is 4.79 Å². The third-order valence-electron chi connectivity index (χ3n) is 3.17. The van der Waals surface area contributed by atoms with E-state index in [1.165, 1.54) is 11.3 Å². The van der Waals surface area contributed by atoms with Crippen LogP contribution in [0.25, 0.3) is 0 Å². The van der Waals surface area contributed by atoms with Gasteiger partial charge < -0.3 is 20.5 Å². The minimum absolute atomic E-state index is 0.170. The second kappa shape index (κ2) is 5.61. The summed E-state index contributed by atoms with van der Waals surface area (Å²) >= 11 is 1.24. The number of nitrogens with one attached hydrogen (secondary N) is 1. The largest absolute Gasteiger partial charge is 0.486 e. The van der Waals surface area contributed by atoms with E-state index in [1.807, 2.05) is 25.1 Å². The van der Waals surface area contributed by atoms with Gasteiger partial charge in [0.05, 0.1) is 6.04 Å². The van der Waals surface area contributed by atoms with E-state index in [0.717, 1.165) is 11.3 Å². The minimum atomic E-state index is -0.245. The number of nitrogens with two attached hydrogens (primary N) is 1. The van der Waals surface area contributed by atoms with Gasteiger partial charge in [0.25, 0.3) is 5.91 Å². The van der Waals surface area contributed by atoms with Gasteiger partial charge in [0.15, 0.2) is 16.6 Å². The number of nitrogen functional groups attached to an aromatic ring is 1. The third kappa shape index (κ3) is 2.92. The molecule has 1 aliphatic heterocycles. The topological polar surface area (TPSA) is 86.5 Å². The first kappa shape index (κ1) is 13.7. The van der Waals surface area contributed by atoms with Gasteiger partial charge in [0.2, 0.25) is 0 Å². The second-order valence-corrected chi connectivity index (χ2v) is 5.56. The summed E-state index contributed by atoms with van der Waals surface area (Å²) in [6.45, 7) is 3.00. The molecule has 1 amide bonds. The molecule has 6 nitrogen and oxygen atoms in total. The Balaban J connectivity index is 1.73. The summed E-state index contributed by atoms with van der Waals surface area (Å²) in [6.07, 6.45) is 0. The van der Waals surface area contributed by atoms with Gasteiger partial charge in [-0.1, -0.05) is 6.07 Å². The van der Waals surface area contributed by atoms with Crippen molar-refractivity contribution in [1.29, 1.82) is 0 Å². The van der Waals surface area contributed by atoms with Crippen molar-refractivity contribution in [3.05, 3.63) is 34.8 Å². The predicted molar refractivity (Wildman–Crippen MR) is 79.8 cm³/mol. The highest BCUT2D eigenvalue weighted by Crippen LogP contribution is 2.32. The molecule has 1 atom stereocenters. The lowest BCUT2D eigenvalue weighted by atomic mass is 10.1. The summed E-state index contributed by atoms with van der Waals surface area (Å²) in [4.78, 5) is 16.0. The van der Waals surface area contributed by atoms with Crippen molar-refractivity contribution >= 4 is 22.4 Å². The Hall–Kier alpha value is -2.28. The normalized spacial score (nSPS) is 14.5. The van der Waals surface area contributed by atoms with Crippen LogP contribution in [0.2, 0.25) is 0 Å². The second-order valence-electron chi connectivity index (χ2n) is 4.67. The first-order chi connectivity index (χ1) is 10.1. The highest BCUT2D eigenvalue weighted by atomic mass is 32.1. The summed E-state index contributed by atoms with van der Waals surface area (Å²) in [7, 11) is 0. The molecule has 0 saturated carbocycles. The van der Waals surface area contributed by atoms with Crippen LogP contribution in [0.5, 0.6) is 11.5 Å². The maximum Gasteiger partial charge on any atom is 0.271 e. The smallest absolute Gasteiger partial charge is 0.271 e. The molecule has 1 aromatic carbocycles. The molecule has 2 heterocycles. The Morgan fingerprint density at radius 3 is 2.86 bits per heavy atom. The van der Waals surface area contributed by atoms with E-state index in [4.69, 9.17) is 15.2 Å². The van der Waals surface area contributed by atoms with Gasteiger partial charge in [-0.3, -0.25) is 4.79 Å². The summed E-state index contributed by atoms with van der Waals surface area (Å²) < 4.78 is 11.0. The van der Waals surface area contributed by atoms with Crippen LogP contribution in [0.15, 0.2) is 23.6 Å². The monoisotopic (exact) mass is 305 g/mol. The fourth-order valence-electron chi connectivity index (χ4n) is 2.08. The van der Waals surface area contributed by atoms with E-state index in [0.29, 0.717) is 29.8 Å². The number of benzene rings is 1. The summed E-state index contributed by atoms with van der Waals surface area (Å²) in [5.41, 5.74) is 6.81. The molecule has 0 saturated heterocycles. The molecule has 0 radical (unpaired) electrons. The molecule has 110 valence electrons. The zero-order chi connectivity index (χ0) is 14.8. The molecule has 0 aliphatic carbocycles. The average molecular weight is 305 g/mol. The van der Waals surface area contributed by atoms with Crippen molar-refractivity contribution < 1.29 is 14.3 Å². The Labute approximate surface area is 125 Å². The number of anilines is 1. The molecule has 1 unspecified atom stereocenters. The molecule has 0 bridgehead atoms. The lowest BCUT2D eigenvalue weighted by Crippen LogP contribution is -2.27. The quantitative estimate of drug-likeness (QED) is 0.905. The fraction of sp³-hybridized carbons (Fsp3) is 0.286. The number of hydrogen-bond acceptors (Lipinski definition) is 6. The van der Waals surface area contributed by atoms with Gasteiger partial charge in [0, 0.05) is 5.38 Å². The van der Waals surface area contributed by atoms with Crippen LogP contribution >= 0.6 is 11.3 Å². The summed E-state index contributed by atoms with van der Waals surface area (Å²) in [5.74, 6) is 1.19. The molecule has 3 rings (SSSR count). The van der Waals surface area contributed by atoms with Crippen LogP contribution in [-0.2, 0) is 0 Å². The van der Waals surface area contributed by atoms with Gasteiger partial charge in [0.1, 0.15) is 18.9 Å². The number of ether oxygens (including phenoxy) is 2. The van der Waals surface area contributed by atoms with Crippen LogP contribution in [0, 0.1) is 0 Å². The number of amides is 1. The van der Waals surface area contributed by atoms with E-state index < -0.39 is 0 Å². The molecule has 21 heavy (non-hydrogen) atoms. The number of hydrogen-bond donors (Lipinski definition) is 2. The maximum absolute atomic E-state index is 12.1. The molecule has 1 aromatic heterocycles. The number of thiazole rings is 1. The SMILES string of the molecule is CC(NC(=O)c1csc(N)n1)c1ccc2c(c1)OCCO2. The number of carbonyl (C=O) groups excluding carboxylic acids is 1. The molecule has 3 N–H and O–H groups in total. The van der Waals surface area contributed by atoms with Crippen LogP contribution in [0.1, 0.15) is 29.0 Å². The van der Waals surface area contributed by atoms with Gasteiger partial charge in [-0.25, -0.2) is 4.98 Å². The van der Waals surface area contributed by atoms with Crippen LogP contribution < -0.4 is 20.5 Å². The van der Waals surface area contributed by atoms with Crippen molar-refractivity contribution in [2.75, 3.05) is 18.9 Å². The molecule has 1 aliphatic rings. The molecule has 0 fully saturated rings. The van der Waals surface area contributed by atoms with Crippen molar-refractivity contribution in [2.45, 2.75) is 13.0 Å². The first-order valence-electron chi connectivity index (χ1n) is 6.55. The lowest BCUT2D eigenvalue weighted by molar-refractivity contribution is 0.0935. The van der Waals surface area contributed by atoms with E-state index in [2.05, 4.69) is 10.3 Å². The van der Waals surface area contributed by atoms with E-state index >= 15 is 0 Å². The molecule has 7 heteroatoms. The Bertz CT molecular complexity index is 671. The maximum atomic E-state index is 12.1. The lowest BCUT2D eigenvalue weighted by Gasteiger charge is -2.21. The molecule has 2 aromatic rings. The van der Waals surface area contributed by atoms with E-state index in [-0.39, 0.29) is 11.9 Å². The summed E-state index contributed by atoms with van der Waals surface area (Å²) in [5, 5.41) is 4.91. The molecular formula is C14H15N3O3S. The highest BCUT2D eigenvalue weighted by Gasteiger charge is 2.17. The highest BCUT2D eigenvalue weighted by molar-refractivity contribution is 7.13. The van der Waals surface area contributed by atoms with Crippen LogP contribution in [-0.4, -0.2) is 24.1 Å². The predicted octanol–water partition coefficient (Wildman–Crippen LogP) is 1.99. The third-order valence-corrected chi connectivity index (χ3v) is 3.84. The van der Waals surface area contributed by atoms with E-state index in [1.54, 1.807) is 5.38 Å². The Kier molecular flexibility index (Phi) is 3.66. The fourth-order valence-corrected chi connectivity index (χ4v) is 2.62. The zero-order valence-electron chi connectivity index (χ0n) is 11.5. The number of fused-ring (bicyclic) bond motifs is 1. The van der Waals surface area contributed by atoms with Crippen LogP contribution in [0.3, 0.4) is 0 Å². The van der Waals surface area contributed by atoms with Gasteiger partial charge in [-0.2, -0.15) is 0 Å². The van der Waals surface area contributed by atoms with Crippen molar-refractivity contribution in [3.63, 3.8) is 0 Å². The Morgan fingerprint density at radius 2 is 2.14 bits per heavy atom. The van der Waals surface area contributed by atoms with Gasteiger partial charge in [-0.15, -0.1) is 11.3 Å². The van der Waals surface area contributed by atoms with Gasteiger partial charge >= 0.3 is 0 Å². The van der Waals surface area contributed by atoms with Crippen molar-refractivity contribution in [3.8, 4) is 11.5 Å². The Morgan fingerprint density at radius 1 is 1.38 bits per heavy atom. The number of nitrogens with zero attached hydrogens (tertiary/aromatic N) is 1. The van der Waals surface area contributed by atoms with Crippen molar-refractivity contribution in [2.24, 2.45) is 0 Å². The van der Waals surface area contributed by atoms with Gasteiger partial charge in [-0.05, 0) is 24.6 Å². The number of aromatic nitrogens is 1. The molecular weight excluding hydrogens is 290 g/mol.